The number of benzene rings is 1. The maximum atomic E-state index is 5.93. The van der Waals surface area contributed by atoms with Gasteiger partial charge >= 0.3 is 0 Å². The number of ether oxygens (including phenoxy) is 1. The predicted octanol–water partition coefficient (Wildman–Crippen LogP) is 9.20. The van der Waals surface area contributed by atoms with Crippen LogP contribution in [0.15, 0.2) is 36.7 Å². The van der Waals surface area contributed by atoms with Crippen molar-refractivity contribution in [3.8, 4) is 17.1 Å². The third kappa shape index (κ3) is 9.76. The molecule has 188 valence electrons. The predicted molar refractivity (Wildman–Crippen MR) is 144 cm³/mol. The minimum Gasteiger partial charge on any atom is -0.494 e. The molecule has 2 aromatic rings. The van der Waals surface area contributed by atoms with Gasteiger partial charge in [-0.3, -0.25) is 0 Å². The number of nitrogens with zero attached hydrogens (tertiary/aromatic N) is 2. The Balaban J connectivity index is 1.32. The molecule has 3 nitrogen and oxygen atoms in total. The highest BCUT2D eigenvalue weighted by Crippen LogP contribution is 2.33. The monoisotopic (exact) mass is 464 g/mol. The van der Waals surface area contributed by atoms with Gasteiger partial charge in [-0.2, -0.15) is 0 Å². The molecule has 1 aromatic heterocycles. The van der Waals surface area contributed by atoms with E-state index in [0.717, 1.165) is 48.4 Å². The Hall–Kier alpha value is -1.90. The van der Waals surface area contributed by atoms with E-state index < -0.39 is 0 Å². The number of hydrogen-bond acceptors (Lipinski definition) is 3. The largest absolute Gasteiger partial charge is 0.494 e. The van der Waals surface area contributed by atoms with Crippen LogP contribution in [0, 0.1) is 11.8 Å². The van der Waals surface area contributed by atoms with Crippen molar-refractivity contribution in [3.05, 3.63) is 42.2 Å². The summed E-state index contributed by atoms with van der Waals surface area (Å²) in [4.78, 5) is 9.30. The second kappa shape index (κ2) is 15.9. The van der Waals surface area contributed by atoms with Gasteiger partial charge in [-0.15, -0.1) is 0 Å². The summed E-state index contributed by atoms with van der Waals surface area (Å²) in [6.45, 7) is 5.39. The molecular weight excluding hydrogens is 416 g/mol. The van der Waals surface area contributed by atoms with Gasteiger partial charge in [0, 0.05) is 18.0 Å². The lowest BCUT2D eigenvalue weighted by Gasteiger charge is -2.28. The molecule has 0 amide bonds. The Kier molecular flexibility index (Phi) is 12.5. The van der Waals surface area contributed by atoms with Crippen molar-refractivity contribution in [2.24, 2.45) is 11.8 Å². The summed E-state index contributed by atoms with van der Waals surface area (Å²) < 4.78 is 5.93. The molecule has 0 saturated heterocycles. The van der Waals surface area contributed by atoms with Crippen LogP contribution >= 0.6 is 0 Å². The molecule has 3 heteroatoms. The van der Waals surface area contributed by atoms with E-state index in [1.165, 1.54) is 95.5 Å². The van der Waals surface area contributed by atoms with Crippen molar-refractivity contribution in [1.29, 1.82) is 0 Å². The zero-order valence-corrected chi connectivity index (χ0v) is 21.9. The molecule has 0 unspecified atom stereocenters. The second-order valence-corrected chi connectivity index (χ2v) is 10.5. The van der Waals surface area contributed by atoms with E-state index in [0.29, 0.717) is 0 Å². The summed E-state index contributed by atoms with van der Waals surface area (Å²) >= 11 is 0. The van der Waals surface area contributed by atoms with E-state index in [-0.39, 0.29) is 0 Å². The molecule has 1 aliphatic carbocycles. The number of aromatic nitrogens is 2. The highest BCUT2D eigenvalue weighted by Gasteiger charge is 2.20. The number of aryl methyl sites for hydroxylation is 1. The van der Waals surface area contributed by atoms with Crippen LogP contribution in [-0.2, 0) is 6.42 Å². The molecule has 1 heterocycles. The fraction of sp³-hybridized carbons (Fsp3) is 0.677. The Morgan fingerprint density at radius 3 is 1.91 bits per heavy atom. The van der Waals surface area contributed by atoms with E-state index in [1.807, 2.05) is 24.5 Å². The van der Waals surface area contributed by atoms with Crippen molar-refractivity contribution in [3.63, 3.8) is 0 Å². The van der Waals surface area contributed by atoms with Gasteiger partial charge < -0.3 is 4.74 Å². The van der Waals surface area contributed by atoms with Crippen LogP contribution in [0.5, 0.6) is 5.75 Å². The van der Waals surface area contributed by atoms with E-state index in [4.69, 9.17) is 4.74 Å². The molecule has 0 atom stereocenters. The first-order chi connectivity index (χ1) is 16.8. The van der Waals surface area contributed by atoms with Gasteiger partial charge in [-0.25, -0.2) is 9.97 Å². The quantitative estimate of drug-likeness (QED) is 0.232. The molecule has 0 bridgehead atoms. The highest BCUT2D eigenvalue weighted by molar-refractivity contribution is 5.55. The molecule has 34 heavy (non-hydrogen) atoms. The van der Waals surface area contributed by atoms with Crippen molar-refractivity contribution in [2.75, 3.05) is 6.61 Å². The lowest BCUT2D eigenvalue weighted by Crippen LogP contribution is -2.15. The standard InChI is InChI=1S/C31H48N2O/c1-3-5-6-7-8-9-10-11-23-34-30-21-19-29(20-22-30)31-32-24-28(25-33-31)18-17-27-15-13-26(12-4-2)14-16-27/h19-22,24-27H,3-18,23H2,1-2H3/t26-,27-. The summed E-state index contributed by atoms with van der Waals surface area (Å²) in [5.41, 5.74) is 2.32. The summed E-state index contributed by atoms with van der Waals surface area (Å²) in [5.74, 6) is 3.63. The SMILES string of the molecule is CCCCCCCCCCOc1ccc(-c2ncc(CC[C@H]3CC[C@H](CCC)CC3)cn2)cc1. The van der Waals surface area contributed by atoms with Crippen molar-refractivity contribution in [2.45, 2.75) is 117 Å². The van der Waals surface area contributed by atoms with E-state index in [2.05, 4.69) is 35.9 Å². The van der Waals surface area contributed by atoms with Crippen LogP contribution in [-0.4, -0.2) is 16.6 Å². The zero-order valence-electron chi connectivity index (χ0n) is 21.9. The third-order valence-corrected chi connectivity index (χ3v) is 7.59. The third-order valence-electron chi connectivity index (χ3n) is 7.59. The molecule has 0 spiro atoms. The van der Waals surface area contributed by atoms with E-state index in [1.54, 1.807) is 0 Å². The van der Waals surface area contributed by atoms with Crippen LogP contribution in [0.2, 0.25) is 0 Å². The number of hydrogen-bond donors (Lipinski definition) is 0. The van der Waals surface area contributed by atoms with E-state index in [9.17, 15) is 0 Å². The van der Waals surface area contributed by atoms with Crippen LogP contribution in [0.25, 0.3) is 11.4 Å². The lowest BCUT2D eigenvalue weighted by atomic mass is 9.78. The molecule has 0 N–H and O–H groups in total. The molecule has 1 aromatic carbocycles. The van der Waals surface area contributed by atoms with Crippen LogP contribution in [0.4, 0.5) is 0 Å². The first-order valence-electron chi connectivity index (χ1n) is 14.3. The Labute approximate surface area is 209 Å². The summed E-state index contributed by atoms with van der Waals surface area (Å²) in [5, 5.41) is 0. The second-order valence-electron chi connectivity index (χ2n) is 10.5. The van der Waals surface area contributed by atoms with Gasteiger partial charge in [0.15, 0.2) is 5.82 Å². The Morgan fingerprint density at radius 2 is 1.29 bits per heavy atom. The highest BCUT2D eigenvalue weighted by atomic mass is 16.5. The number of rotatable bonds is 16. The molecule has 0 radical (unpaired) electrons. The van der Waals surface area contributed by atoms with Gasteiger partial charge in [0.1, 0.15) is 5.75 Å². The maximum Gasteiger partial charge on any atom is 0.159 e. The average Bonchev–Trinajstić information content (AvgIpc) is 2.88. The first-order valence-corrected chi connectivity index (χ1v) is 14.3. The Morgan fingerprint density at radius 1 is 0.706 bits per heavy atom. The topological polar surface area (TPSA) is 35.0 Å². The van der Waals surface area contributed by atoms with Gasteiger partial charge in [-0.05, 0) is 60.9 Å². The molecule has 0 aliphatic heterocycles. The van der Waals surface area contributed by atoms with Crippen LogP contribution < -0.4 is 4.74 Å². The summed E-state index contributed by atoms with van der Waals surface area (Å²) in [6.07, 6.45) is 25.5. The summed E-state index contributed by atoms with van der Waals surface area (Å²) in [6, 6.07) is 8.25. The minimum atomic E-state index is 0.804. The van der Waals surface area contributed by atoms with Crippen molar-refractivity contribution < 1.29 is 4.74 Å². The van der Waals surface area contributed by atoms with Crippen LogP contribution in [0.1, 0.15) is 116 Å². The fourth-order valence-corrected chi connectivity index (χ4v) is 5.35. The summed E-state index contributed by atoms with van der Waals surface area (Å²) in [7, 11) is 0. The minimum absolute atomic E-state index is 0.804. The molecule has 1 aliphatic rings. The van der Waals surface area contributed by atoms with Crippen molar-refractivity contribution >= 4 is 0 Å². The average molecular weight is 465 g/mol. The molecular formula is C31H48N2O. The van der Waals surface area contributed by atoms with Crippen LogP contribution in [0.3, 0.4) is 0 Å². The van der Waals surface area contributed by atoms with Gasteiger partial charge in [0.05, 0.1) is 6.61 Å². The fourth-order valence-electron chi connectivity index (χ4n) is 5.35. The Bertz CT molecular complexity index is 763. The normalized spacial score (nSPS) is 18.2. The molecule has 3 rings (SSSR count). The van der Waals surface area contributed by atoms with Crippen molar-refractivity contribution in [1.82, 2.24) is 9.97 Å². The molecule has 1 fully saturated rings. The smallest absolute Gasteiger partial charge is 0.159 e. The van der Waals surface area contributed by atoms with Gasteiger partial charge in [0.25, 0.3) is 0 Å². The van der Waals surface area contributed by atoms with Gasteiger partial charge in [-0.1, -0.05) is 97.3 Å². The van der Waals surface area contributed by atoms with Gasteiger partial charge in [0.2, 0.25) is 0 Å². The van der Waals surface area contributed by atoms with E-state index >= 15 is 0 Å². The zero-order chi connectivity index (χ0) is 23.8. The lowest BCUT2D eigenvalue weighted by molar-refractivity contribution is 0.252. The molecule has 1 saturated carbocycles. The maximum absolute atomic E-state index is 5.93. The first kappa shape index (κ1) is 26.7. The number of unbranched alkanes of at least 4 members (excludes halogenated alkanes) is 7.